The first-order chi connectivity index (χ1) is 17.5. The second kappa shape index (κ2) is 9.91. The molecule has 0 fully saturated rings. The predicted molar refractivity (Wildman–Crippen MR) is 134 cm³/mol. The first kappa shape index (κ1) is 23.7. The van der Waals surface area contributed by atoms with E-state index in [1.807, 2.05) is 55.5 Å². The van der Waals surface area contributed by atoms with Crippen LogP contribution in [-0.2, 0) is 9.47 Å². The van der Waals surface area contributed by atoms with E-state index in [4.69, 9.17) is 24.7 Å². The molecular weight excluding hydrogens is 460 g/mol. The summed E-state index contributed by atoms with van der Waals surface area (Å²) in [6.45, 7) is 2.37. The van der Waals surface area contributed by atoms with E-state index in [1.165, 1.54) is 4.90 Å². The molecule has 0 saturated carbocycles. The molecule has 2 N–H and O–H groups in total. The van der Waals surface area contributed by atoms with Gasteiger partial charge in [-0.1, -0.05) is 48.5 Å². The number of hydrogen-bond donors (Lipinski definition) is 1. The van der Waals surface area contributed by atoms with Crippen molar-refractivity contribution >= 4 is 17.6 Å². The first-order valence-corrected chi connectivity index (χ1v) is 11.8. The van der Waals surface area contributed by atoms with Crippen LogP contribution in [0.15, 0.2) is 60.7 Å². The van der Waals surface area contributed by atoms with E-state index in [0.717, 1.165) is 22.3 Å². The van der Waals surface area contributed by atoms with Crippen molar-refractivity contribution in [1.82, 2.24) is 4.90 Å². The van der Waals surface area contributed by atoms with Gasteiger partial charge in [-0.05, 0) is 24.1 Å². The number of benzene rings is 3. The van der Waals surface area contributed by atoms with E-state index < -0.39 is 12.2 Å². The fourth-order valence-electron chi connectivity index (χ4n) is 4.62. The molecule has 186 valence electrons. The fraction of sp³-hybridized carbons (Fsp3) is 0.286. The highest BCUT2D eigenvalue weighted by Gasteiger charge is 2.33. The Morgan fingerprint density at radius 1 is 1.03 bits per heavy atom. The summed E-state index contributed by atoms with van der Waals surface area (Å²) < 4.78 is 22.1. The van der Waals surface area contributed by atoms with Gasteiger partial charge in [0.2, 0.25) is 6.79 Å². The van der Waals surface area contributed by atoms with Crippen molar-refractivity contribution in [2.24, 2.45) is 0 Å². The number of rotatable bonds is 8. The minimum atomic E-state index is -0.523. The summed E-state index contributed by atoms with van der Waals surface area (Å²) in [5, 5.41) is 0. The zero-order chi connectivity index (χ0) is 25.2. The van der Waals surface area contributed by atoms with Crippen LogP contribution in [0.4, 0.5) is 10.5 Å². The quantitative estimate of drug-likeness (QED) is 0.359. The van der Waals surface area contributed by atoms with Gasteiger partial charge >= 0.3 is 6.09 Å². The molecule has 3 aromatic carbocycles. The molecule has 1 unspecified atom stereocenters. The first-order valence-electron chi connectivity index (χ1n) is 11.8. The lowest BCUT2D eigenvalue weighted by atomic mass is 10.0. The highest BCUT2D eigenvalue weighted by atomic mass is 16.7. The number of fused-ring (bicyclic) bond motifs is 4. The average molecular weight is 489 g/mol. The Kier molecular flexibility index (Phi) is 6.52. The normalized spacial score (nSPS) is 14.2. The number of ketones is 1. The summed E-state index contributed by atoms with van der Waals surface area (Å²) in [4.78, 5) is 28.0. The van der Waals surface area contributed by atoms with E-state index >= 15 is 0 Å². The summed E-state index contributed by atoms with van der Waals surface area (Å²) in [5.41, 5.74) is 10.7. The van der Waals surface area contributed by atoms with Crippen LogP contribution in [0.5, 0.6) is 11.5 Å². The molecule has 1 aliphatic carbocycles. The Morgan fingerprint density at radius 2 is 1.64 bits per heavy atom. The van der Waals surface area contributed by atoms with Crippen molar-refractivity contribution in [3.05, 3.63) is 77.4 Å². The van der Waals surface area contributed by atoms with Crippen LogP contribution in [0.25, 0.3) is 11.1 Å². The third kappa shape index (κ3) is 4.47. The Hall–Kier alpha value is -4.04. The number of amides is 1. The van der Waals surface area contributed by atoms with Gasteiger partial charge in [0.1, 0.15) is 0 Å². The van der Waals surface area contributed by atoms with Crippen molar-refractivity contribution < 1.29 is 28.5 Å². The van der Waals surface area contributed by atoms with Crippen molar-refractivity contribution in [3.63, 3.8) is 0 Å². The number of nitrogen functional groups attached to an aromatic ring is 1. The van der Waals surface area contributed by atoms with E-state index in [2.05, 4.69) is 0 Å². The number of Topliss-reactive ketones (excluding diaryl/α,β-unsaturated/α-hetero) is 1. The summed E-state index contributed by atoms with van der Waals surface area (Å²) in [7, 11) is 1.58. The van der Waals surface area contributed by atoms with Gasteiger partial charge < -0.3 is 29.6 Å². The summed E-state index contributed by atoms with van der Waals surface area (Å²) in [6, 6.07) is 19.0. The molecule has 36 heavy (non-hydrogen) atoms. The van der Waals surface area contributed by atoms with Gasteiger partial charge in [0.05, 0.1) is 6.10 Å². The van der Waals surface area contributed by atoms with Crippen molar-refractivity contribution in [1.29, 1.82) is 0 Å². The number of nitrogens with zero attached hydrogens (tertiary/aromatic N) is 1. The van der Waals surface area contributed by atoms with E-state index in [0.29, 0.717) is 22.7 Å². The highest BCUT2D eigenvalue weighted by Crippen LogP contribution is 2.45. The van der Waals surface area contributed by atoms with Crippen LogP contribution in [-0.4, -0.2) is 49.9 Å². The largest absolute Gasteiger partial charge is 0.454 e. The minimum Gasteiger partial charge on any atom is -0.454 e. The molecule has 2 aliphatic rings. The topological polar surface area (TPSA) is 100 Å². The van der Waals surface area contributed by atoms with Crippen LogP contribution in [0, 0.1) is 0 Å². The number of carbonyl (C=O) groups excluding carboxylic acids is 2. The molecule has 0 radical (unpaired) electrons. The predicted octanol–water partition coefficient (Wildman–Crippen LogP) is 4.81. The average Bonchev–Trinajstić information content (AvgIpc) is 3.48. The number of hydrogen-bond acceptors (Lipinski definition) is 7. The van der Waals surface area contributed by atoms with Crippen LogP contribution >= 0.6 is 0 Å². The molecule has 1 heterocycles. The molecule has 8 heteroatoms. The molecule has 5 rings (SSSR count). The van der Waals surface area contributed by atoms with E-state index in [1.54, 1.807) is 19.2 Å². The van der Waals surface area contributed by atoms with Gasteiger partial charge in [-0.2, -0.15) is 0 Å². The van der Waals surface area contributed by atoms with E-state index in [-0.39, 0.29) is 38.2 Å². The van der Waals surface area contributed by atoms with Gasteiger partial charge in [-0.15, -0.1) is 0 Å². The van der Waals surface area contributed by atoms with Crippen LogP contribution in [0.2, 0.25) is 0 Å². The highest BCUT2D eigenvalue weighted by molar-refractivity contribution is 6.01. The van der Waals surface area contributed by atoms with E-state index in [9.17, 15) is 9.59 Å². The Bertz CT molecular complexity index is 1260. The van der Waals surface area contributed by atoms with Crippen LogP contribution < -0.4 is 15.2 Å². The molecule has 0 spiro atoms. The molecule has 1 atom stereocenters. The Balaban J connectivity index is 1.33. The number of nitrogens with two attached hydrogens (primary N) is 1. The summed E-state index contributed by atoms with van der Waals surface area (Å²) in [6.07, 6.45) is -1.22. The SMILES string of the molecule is COC(C)CN(CCC(=O)c1cc2c(cc1N)OCO2)C(=O)OC1c2ccccc2-c2ccccc21. The lowest BCUT2D eigenvalue weighted by Crippen LogP contribution is -2.39. The minimum absolute atomic E-state index is 0.0627. The van der Waals surface area contributed by atoms with Crippen molar-refractivity contribution in [2.45, 2.75) is 25.6 Å². The number of carbonyl (C=O) groups is 2. The van der Waals surface area contributed by atoms with Gasteiger partial charge in [-0.25, -0.2) is 4.79 Å². The zero-order valence-electron chi connectivity index (χ0n) is 20.2. The Labute approximate surface area is 209 Å². The molecule has 0 saturated heterocycles. The number of methoxy groups -OCH3 is 1. The van der Waals surface area contributed by atoms with Crippen molar-refractivity contribution in [3.8, 4) is 22.6 Å². The molecule has 1 amide bonds. The fourth-order valence-corrected chi connectivity index (χ4v) is 4.62. The maximum Gasteiger partial charge on any atom is 0.410 e. The molecule has 1 aliphatic heterocycles. The lowest BCUT2D eigenvalue weighted by Gasteiger charge is -2.27. The van der Waals surface area contributed by atoms with Crippen LogP contribution in [0.1, 0.15) is 40.9 Å². The third-order valence-electron chi connectivity index (χ3n) is 6.59. The second-order valence-electron chi connectivity index (χ2n) is 8.90. The van der Waals surface area contributed by atoms with Gasteiger partial charge in [-0.3, -0.25) is 4.79 Å². The number of ether oxygens (including phenoxy) is 4. The number of anilines is 1. The maximum absolute atomic E-state index is 13.4. The molecule has 0 aromatic heterocycles. The van der Waals surface area contributed by atoms with Gasteiger partial charge in [0.15, 0.2) is 23.4 Å². The summed E-state index contributed by atoms with van der Waals surface area (Å²) >= 11 is 0. The van der Waals surface area contributed by atoms with Crippen molar-refractivity contribution in [2.75, 3.05) is 32.7 Å². The van der Waals surface area contributed by atoms with Gasteiger partial charge in [0, 0.05) is 55.1 Å². The standard InChI is InChI=1S/C28H28N2O6/c1-17(33-2)15-30(12-11-24(31)22-13-25-26(14-23(22)29)35-16-34-25)28(32)36-27-20-9-5-3-7-18(20)19-8-4-6-10-21(19)27/h3-10,13-14,17,27H,11-12,15-16,29H2,1-2H3. The third-order valence-corrected chi connectivity index (χ3v) is 6.59. The van der Waals surface area contributed by atoms with Gasteiger partial charge in [0.25, 0.3) is 0 Å². The Morgan fingerprint density at radius 3 is 2.28 bits per heavy atom. The molecule has 3 aromatic rings. The molecular formula is C28H28N2O6. The maximum atomic E-state index is 13.4. The molecule has 8 nitrogen and oxygen atoms in total. The van der Waals surface area contributed by atoms with Crippen LogP contribution in [0.3, 0.4) is 0 Å². The second-order valence-corrected chi connectivity index (χ2v) is 8.90. The molecule has 0 bridgehead atoms. The lowest BCUT2D eigenvalue weighted by molar-refractivity contribution is 0.0457. The summed E-state index contributed by atoms with van der Waals surface area (Å²) in [5.74, 6) is 0.793. The smallest absolute Gasteiger partial charge is 0.410 e. The zero-order valence-corrected chi connectivity index (χ0v) is 20.2. The monoisotopic (exact) mass is 488 g/mol.